The topological polar surface area (TPSA) is 90.0 Å². The van der Waals surface area contributed by atoms with Crippen molar-refractivity contribution < 1.29 is 17.2 Å². The van der Waals surface area contributed by atoms with Crippen LogP contribution in [0.1, 0.15) is 6.42 Å². The normalized spacial score (nSPS) is 11.7. The fourth-order valence-electron chi connectivity index (χ4n) is 1.79. The smallest absolute Gasteiger partial charge is 0.246 e. The second-order valence-corrected chi connectivity index (χ2v) is 6.04. The number of anilines is 1. The van der Waals surface area contributed by atoms with E-state index in [4.69, 9.17) is 5.73 Å². The lowest BCUT2D eigenvalue weighted by atomic mass is 10.3. The van der Waals surface area contributed by atoms with Gasteiger partial charge in [-0.05, 0) is 24.6 Å². The van der Waals surface area contributed by atoms with Crippen molar-refractivity contribution >= 4 is 15.7 Å². The predicted octanol–water partition coefficient (Wildman–Crippen LogP) is 1.11. The van der Waals surface area contributed by atoms with E-state index in [2.05, 4.69) is 9.82 Å². The quantitative estimate of drug-likeness (QED) is 0.617. The van der Waals surface area contributed by atoms with Gasteiger partial charge in [0.25, 0.3) is 0 Å². The van der Waals surface area contributed by atoms with Crippen LogP contribution >= 0.6 is 0 Å². The zero-order valence-corrected chi connectivity index (χ0v) is 11.8. The van der Waals surface area contributed by atoms with E-state index in [9.17, 15) is 17.2 Å². The zero-order chi connectivity index (χ0) is 15.5. The van der Waals surface area contributed by atoms with Crippen molar-refractivity contribution in [3.63, 3.8) is 0 Å². The average molecular weight is 316 g/mol. The Labute approximate surface area is 120 Å². The molecule has 6 nitrogen and oxygen atoms in total. The molecule has 0 saturated heterocycles. The Morgan fingerprint density at radius 3 is 2.52 bits per heavy atom. The highest BCUT2D eigenvalue weighted by molar-refractivity contribution is 7.89. The predicted molar refractivity (Wildman–Crippen MR) is 72.8 cm³/mol. The van der Waals surface area contributed by atoms with Crippen LogP contribution in [-0.4, -0.2) is 24.7 Å². The second-order valence-electron chi connectivity index (χ2n) is 4.33. The highest BCUT2D eigenvalue weighted by Gasteiger charge is 2.24. The molecule has 114 valence electrons. The van der Waals surface area contributed by atoms with Crippen LogP contribution in [0.5, 0.6) is 0 Å². The molecule has 0 saturated carbocycles. The molecule has 2 aromatic rings. The summed E-state index contributed by atoms with van der Waals surface area (Å²) in [6.45, 7) is 0.521. The summed E-state index contributed by atoms with van der Waals surface area (Å²) in [5, 5.41) is 3.95. The molecule has 21 heavy (non-hydrogen) atoms. The van der Waals surface area contributed by atoms with Gasteiger partial charge in [-0.25, -0.2) is 21.9 Å². The molecule has 0 amide bonds. The Morgan fingerprint density at radius 2 is 1.95 bits per heavy atom. The van der Waals surface area contributed by atoms with Crippen molar-refractivity contribution in [2.75, 3.05) is 12.3 Å². The molecule has 0 aliphatic rings. The number of nitrogens with two attached hydrogens (primary N) is 1. The zero-order valence-electron chi connectivity index (χ0n) is 11.0. The number of benzene rings is 1. The van der Waals surface area contributed by atoms with Crippen LogP contribution in [0.15, 0.2) is 35.5 Å². The van der Waals surface area contributed by atoms with Crippen LogP contribution in [0.2, 0.25) is 0 Å². The number of hydrogen-bond donors (Lipinski definition) is 2. The summed E-state index contributed by atoms with van der Waals surface area (Å²) in [5.74, 6) is -2.43. The minimum absolute atomic E-state index is 0.0332. The highest BCUT2D eigenvalue weighted by atomic mass is 32.2. The van der Waals surface area contributed by atoms with Crippen LogP contribution in [-0.2, 0) is 16.6 Å². The lowest BCUT2D eigenvalue weighted by molar-refractivity contribution is 0.510. The highest BCUT2D eigenvalue weighted by Crippen LogP contribution is 2.21. The van der Waals surface area contributed by atoms with E-state index >= 15 is 0 Å². The van der Waals surface area contributed by atoms with Crippen LogP contribution in [0, 0.1) is 11.6 Å². The van der Waals surface area contributed by atoms with E-state index in [1.807, 2.05) is 0 Å². The van der Waals surface area contributed by atoms with Gasteiger partial charge in [-0.2, -0.15) is 5.10 Å². The standard InChI is InChI=1S/C12H14F2N4O2S/c13-10-7-9(15)8-11(14)12(10)21(19,20)17-4-2-6-18-5-1-3-16-18/h1,3,5,7-8,17H,2,4,6,15H2. The Balaban J connectivity index is 2.02. The van der Waals surface area contributed by atoms with E-state index in [0.29, 0.717) is 13.0 Å². The molecule has 9 heteroatoms. The van der Waals surface area contributed by atoms with Gasteiger partial charge in [-0.1, -0.05) is 0 Å². The van der Waals surface area contributed by atoms with Gasteiger partial charge in [0.1, 0.15) is 11.6 Å². The van der Waals surface area contributed by atoms with E-state index in [1.165, 1.54) is 0 Å². The van der Waals surface area contributed by atoms with Crippen molar-refractivity contribution in [3.8, 4) is 0 Å². The summed E-state index contributed by atoms with van der Waals surface area (Å²) >= 11 is 0. The maximum absolute atomic E-state index is 13.6. The molecular formula is C12H14F2N4O2S. The van der Waals surface area contributed by atoms with Crippen molar-refractivity contribution in [2.45, 2.75) is 17.9 Å². The first-order valence-electron chi connectivity index (χ1n) is 6.12. The first-order chi connectivity index (χ1) is 9.90. The largest absolute Gasteiger partial charge is 0.399 e. The summed E-state index contributed by atoms with van der Waals surface area (Å²) < 4.78 is 54.7. The Bertz CT molecular complexity index is 694. The molecule has 2 rings (SSSR count). The van der Waals surface area contributed by atoms with Crippen LogP contribution in [0.25, 0.3) is 0 Å². The van der Waals surface area contributed by atoms with Gasteiger partial charge in [0.2, 0.25) is 10.0 Å². The van der Waals surface area contributed by atoms with Crippen LogP contribution < -0.4 is 10.5 Å². The number of aryl methyl sites for hydroxylation is 1. The molecule has 0 fully saturated rings. The van der Waals surface area contributed by atoms with Gasteiger partial charge >= 0.3 is 0 Å². The van der Waals surface area contributed by atoms with Crippen molar-refractivity contribution in [1.29, 1.82) is 0 Å². The summed E-state index contributed by atoms with van der Waals surface area (Å²) in [6, 6.07) is 3.27. The van der Waals surface area contributed by atoms with Gasteiger partial charge in [-0.15, -0.1) is 0 Å². The molecule has 0 radical (unpaired) electrons. The number of halogens is 2. The van der Waals surface area contributed by atoms with E-state index in [0.717, 1.165) is 12.1 Å². The third-order valence-corrected chi connectivity index (χ3v) is 4.22. The minimum atomic E-state index is -4.26. The van der Waals surface area contributed by atoms with E-state index in [1.54, 1.807) is 23.1 Å². The van der Waals surface area contributed by atoms with Crippen molar-refractivity contribution in [1.82, 2.24) is 14.5 Å². The fraction of sp³-hybridized carbons (Fsp3) is 0.250. The van der Waals surface area contributed by atoms with Gasteiger partial charge < -0.3 is 5.73 Å². The summed E-state index contributed by atoms with van der Waals surface area (Å²) in [5.41, 5.74) is 5.06. The maximum atomic E-state index is 13.6. The molecule has 0 unspecified atom stereocenters. The fourth-order valence-corrected chi connectivity index (χ4v) is 2.98. The van der Waals surface area contributed by atoms with E-state index < -0.39 is 26.6 Å². The number of nitrogens with one attached hydrogen (secondary N) is 1. The van der Waals surface area contributed by atoms with E-state index in [-0.39, 0.29) is 12.2 Å². The SMILES string of the molecule is Nc1cc(F)c(S(=O)(=O)NCCCn2cccn2)c(F)c1. The lowest BCUT2D eigenvalue weighted by Crippen LogP contribution is -2.27. The lowest BCUT2D eigenvalue weighted by Gasteiger charge is -2.09. The van der Waals surface area contributed by atoms with Crippen LogP contribution in [0.4, 0.5) is 14.5 Å². The summed E-state index contributed by atoms with van der Waals surface area (Å²) in [4.78, 5) is -1.02. The number of aromatic nitrogens is 2. The van der Waals surface area contributed by atoms with Gasteiger partial charge in [0.05, 0.1) is 0 Å². The number of sulfonamides is 1. The molecule has 0 bridgehead atoms. The molecular weight excluding hydrogens is 302 g/mol. The Kier molecular flexibility index (Phi) is 4.53. The molecule has 1 heterocycles. The molecule has 0 aliphatic carbocycles. The monoisotopic (exact) mass is 316 g/mol. The van der Waals surface area contributed by atoms with Gasteiger partial charge in [-0.3, -0.25) is 4.68 Å². The number of hydrogen-bond acceptors (Lipinski definition) is 4. The van der Waals surface area contributed by atoms with Crippen molar-refractivity contribution in [3.05, 3.63) is 42.2 Å². The Morgan fingerprint density at radius 1 is 1.29 bits per heavy atom. The first kappa shape index (κ1) is 15.4. The maximum Gasteiger partial charge on any atom is 0.246 e. The van der Waals surface area contributed by atoms with Crippen molar-refractivity contribution in [2.24, 2.45) is 0 Å². The number of nitrogen functional groups attached to an aromatic ring is 1. The number of rotatable bonds is 6. The van der Waals surface area contributed by atoms with Gasteiger partial charge in [0, 0.05) is 31.2 Å². The van der Waals surface area contributed by atoms with Crippen LogP contribution in [0.3, 0.4) is 0 Å². The Hall–Kier alpha value is -2.00. The molecule has 1 aromatic carbocycles. The molecule has 3 N–H and O–H groups in total. The number of nitrogens with zero attached hydrogens (tertiary/aromatic N) is 2. The molecule has 0 atom stereocenters. The third kappa shape index (κ3) is 3.76. The molecule has 0 spiro atoms. The minimum Gasteiger partial charge on any atom is -0.399 e. The molecule has 0 aliphatic heterocycles. The second kappa shape index (κ2) is 6.19. The first-order valence-corrected chi connectivity index (χ1v) is 7.60. The molecule has 1 aromatic heterocycles. The third-order valence-electron chi connectivity index (χ3n) is 2.70. The summed E-state index contributed by atoms with van der Waals surface area (Å²) in [7, 11) is -4.26. The average Bonchev–Trinajstić information content (AvgIpc) is 2.86. The van der Waals surface area contributed by atoms with Gasteiger partial charge in [0.15, 0.2) is 4.90 Å². The summed E-state index contributed by atoms with van der Waals surface area (Å²) in [6.07, 6.45) is 3.76.